The van der Waals surface area contributed by atoms with Crippen molar-refractivity contribution >= 4 is 17.5 Å². The molecule has 6 nitrogen and oxygen atoms in total. The Bertz CT molecular complexity index is 1300. The molecule has 2 amide bonds. The minimum atomic E-state index is -4.51. The molecule has 1 saturated heterocycles. The second-order valence-corrected chi connectivity index (χ2v) is 9.14. The van der Waals surface area contributed by atoms with E-state index >= 15 is 0 Å². The predicted molar refractivity (Wildman–Crippen MR) is 131 cm³/mol. The summed E-state index contributed by atoms with van der Waals surface area (Å²) in [5, 5.41) is 2.68. The SMILES string of the molecule is O=C(Cc1ccccc1C(F)(F)F)Nc1ccc(C2CCN(C(=O)c3ccc4c(c3)OCO4)CC2)cc1. The van der Waals surface area contributed by atoms with Gasteiger partial charge in [0.15, 0.2) is 11.5 Å². The number of hydrogen-bond acceptors (Lipinski definition) is 4. The van der Waals surface area contributed by atoms with E-state index in [1.165, 1.54) is 18.2 Å². The van der Waals surface area contributed by atoms with Crippen LogP contribution in [0, 0.1) is 0 Å². The van der Waals surface area contributed by atoms with Gasteiger partial charge in [0.1, 0.15) is 0 Å². The minimum absolute atomic E-state index is 0.0399. The zero-order valence-corrected chi connectivity index (χ0v) is 19.9. The lowest BCUT2D eigenvalue weighted by molar-refractivity contribution is -0.138. The summed E-state index contributed by atoms with van der Waals surface area (Å²) in [5.74, 6) is 0.935. The van der Waals surface area contributed by atoms with Crippen molar-refractivity contribution in [1.29, 1.82) is 0 Å². The molecule has 0 saturated carbocycles. The molecule has 9 heteroatoms. The van der Waals surface area contributed by atoms with E-state index in [0.29, 0.717) is 35.8 Å². The van der Waals surface area contributed by atoms with Crippen LogP contribution in [0.2, 0.25) is 0 Å². The zero-order valence-electron chi connectivity index (χ0n) is 19.9. The lowest BCUT2D eigenvalue weighted by Crippen LogP contribution is -2.37. The maximum atomic E-state index is 13.2. The molecule has 2 heterocycles. The van der Waals surface area contributed by atoms with E-state index in [-0.39, 0.29) is 30.6 Å². The van der Waals surface area contributed by atoms with Crippen molar-refractivity contribution in [3.63, 3.8) is 0 Å². The molecule has 0 radical (unpaired) electrons. The highest BCUT2D eigenvalue weighted by atomic mass is 19.4. The second-order valence-electron chi connectivity index (χ2n) is 9.14. The van der Waals surface area contributed by atoms with E-state index in [1.54, 1.807) is 30.3 Å². The largest absolute Gasteiger partial charge is 0.454 e. The molecule has 1 fully saturated rings. The van der Waals surface area contributed by atoms with Crippen LogP contribution in [0.4, 0.5) is 18.9 Å². The summed E-state index contributed by atoms with van der Waals surface area (Å²) in [7, 11) is 0. The average molecular weight is 511 g/mol. The van der Waals surface area contributed by atoms with E-state index in [2.05, 4.69) is 5.32 Å². The highest BCUT2D eigenvalue weighted by Crippen LogP contribution is 2.35. The van der Waals surface area contributed by atoms with E-state index in [1.807, 2.05) is 17.0 Å². The smallest absolute Gasteiger partial charge is 0.416 e. The molecular formula is C28H25F3N2O4. The number of alkyl halides is 3. The minimum Gasteiger partial charge on any atom is -0.454 e. The Labute approximate surface area is 212 Å². The lowest BCUT2D eigenvalue weighted by atomic mass is 9.89. The molecule has 0 atom stereocenters. The van der Waals surface area contributed by atoms with Crippen molar-refractivity contribution in [3.8, 4) is 11.5 Å². The Balaban J connectivity index is 1.15. The number of anilines is 1. The molecular weight excluding hydrogens is 485 g/mol. The van der Waals surface area contributed by atoms with Gasteiger partial charge in [0, 0.05) is 24.3 Å². The number of carbonyl (C=O) groups is 2. The molecule has 0 bridgehead atoms. The molecule has 1 N–H and O–H groups in total. The van der Waals surface area contributed by atoms with Gasteiger partial charge in [-0.2, -0.15) is 13.2 Å². The Kier molecular flexibility index (Phi) is 6.78. The first-order chi connectivity index (χ1) is 17.8. The van der Waals surface area contributed by atoms with Crippen LogP contribution in [0.1, 0.15) is 45.8 Å². The number of ether oxygens (including phenoxy) is 2. The van der Waals surface area contributed by atoms with Crippen LogP contribution in [-0.2, 0) is 17.4 Å². The number of hydrogen-bond donors (Lipinski definition) is 1. The van der Waals surface area contributed by atoms with E-state index in [9.17, 15) is 22.8 Å². The highest BCUT2D eigenvalue weighted by Gasteiger charge is 2.33. The maximum absolute atomic E-state index is 13.2. The molecule has 192 valence electrons. The zero-order chi connectivity index (χ0) is 26.0. The molecule has 5 rings (SSSR count). The van der Waals surface area contributed by atoms with Gasteiger partial charge < -0.3 is 19.7 Å². The van der Waals surface area contributed by atoms with Gasteiger partial charge in [0.05, 0.1) is 12.0 Å². The van der Waals surface area contributed by atoms with Crippen LogP contribution in [0.15, 0.2) is 66.7 Å². The van der Waals surface area contributed by atoms with Gasteiger partial charge in [-0.25, -0.2) is 0 Å². The molecule has 3 aromatic carbocycles. The van der Waals surface area contributed by atoms with Crippen molar-refractivity contribution in [2.75, 3.05) is 25.2 Å². The molecule has 37 heavy (non-hydrogen) atoms. The van der Waals surface area contributed by atoms with E-state index in [0.717, 1.165) is 24.5 Å². The standard InChI is InChI=1S/C28H25F3N2O4/c29-28(30,31)23-4-2-1-3-20(23)16-26(34)32-22-8-5-18(6-9-22)19-11-13-33(14-12-19)27(35)21-7-10-24-25(15-21)37-17-36-24/h1-10,15,19H,11-14,16-17H2,(H,32,34). The van der Waals surface area contributed by atoms with Crippen LogP contribution in [0.5, 0.6) is 11.5 Å². The Hall–Kier alpha value is -4.01. The molecule has 0 aliphatic carbocycles. The third-order valence-electron chi connectivity index (χ3n) is 6.74. The van der Waals surface area contributed by atoms with Gasteiger partial charge in [-0.1, -0.05) is 30.3 Å². The number of likely N-dealkylation sites (tertiary alicyclic amines) is 1. The van der Waals surface area contributed by atoms with Gasteiger partial charge in [-0.3, -0.25) is 9.59 Å². The van der Waals surface area contributed by atoms with Crippen LogP contribution in [0.3, 0.4) is 0 Å². The summed E-state index contributed by atoms with van der Waals surface area (Å²) in [5.41, 5.74) is 1.32. The van der Waals surface area contributed by atoms with Gasteiger partial charge in [-0.05, 0) is 66.3 Å². The molecule has 2 aliphatic rings. The third kappa shape index (κ3) is 5.55. The number of amides is 2. The van der Waals surface area contributed by atoms with Gasteiger partial charge in [0.25, 0.3) is 5.91 Å². The molecule has 0 spiro atoms. The van der Waals surface area contributed by atoms with E-state index in [4.69, 9.17) is 9.47 Å². The first-order valence-electron chi connectivity index (χ1n) is 12.0. The summed E-state index contributed by atoms with van der Waals surface area (Å²) in [6.45, 7) is 1.40. The molecule has 3 aromatic rings. The first-order valence-corrected chi connectivity index (χ1v) is 12.0. The fourth-order valence-corrected chi connectivity index (χ4v) is 4.80. The fourth-order valence-electron chi connectivity index (χ4n) is 4.80. The average Bonchev–Trinajstić information content (AvgIpc) is 3.36. The maximum Gasteiger partial charge on any atom is 0.416 e. The van der Waals surface area contributed by atoms with E-state index < -0.39 is 17.6 Å². The number of halogens is 3. The number of nitrogens with one attached hydrogen (secondary N) is 1. The van der Waals surface area contributed by atoms with Crippen molar-refractivity contribution < 1.29 is 32.2 Å². The molecule has 2 aliphatic heterocycles. The fraction of sp³-hybridized carbons (Fsp3) is 0.286. The number of piperidine rings is 1. The summed E-state index contributed by atoms with van der Waals surface area (Å²) < 4.78 is 50.2. The number of fused-ring (bicyclic) bond motifs is 1. The Morgan fingerprint density at radius 1 is 0.919 bits per heavy atom. The van der Waals surface area contributed by atoms with Gasteiger partial charge >= 0.3 is 6.18 Å². The molecule has 0 aromatic heterocycles. The summed E-state index contributed by atoms with van der Waals surface area (Å²) in [4.78, 5) is 27.2. The van der Waals surface area contributed by atoms with Gasteiger partial charge in [-0.15, -0.1) is 0 Å². The number of nitrogens with zero attached hydrogens (tertiary/aromatic N) is 1. The van der Waals surface area contributed by atoms with Crippen LogP contribution in [0.25, 0.3) is 0 Å². The predicted octanol–water partition coefficient (Wildman–Crippen LogP) is 5.64. The second kappa shape index (κ2) is 10.2. The number of benzene rings is 3. The van der Waals surface area contributed by atoms with Crippen LogP contribution < -0.4 is 14.8 Å². The Morgan fingerprint density at radius 2 is 1.62 bits per heavy atom. The summed E-state index contributed by atoms with van der Waals surface area (Å²) in [6.07, 6.45) is -3.27. The lowest BCUT2D eigenvalue weighted by Gasteiger charge is -2.32. The normalized spacial score (nSPS) is 15.5. The van der Waals surface area contributed by atoms with Crippen LogP contribution >= 0.6 is 0 Å². The topological polar surface area (TPSA) is 67.9 Å². The van der Waals surface area contributed by atoms with Crippen molar-refractivity contribution in [2.24, 2.45) is 0 Å². The first kappa shape index (κ1) is 24.7. The number of rotatable bonds is 5. The van der Waals surface area contributed by atoms with Crippen molar-refractivity contribution in [1.82, 2.24) is 4.90 Å². The quantitative estimate of drug-likeness (QED) is 0.483. The highest BCUT2D eigenvalue weighted by molar-refractivity contribution is 5.95. The third-order valence-corrected chi connectivity index (χ3v) is 6.74. The number of carbonyl (C=O) groups excluding carboxylic acids is 2. The summed E-state index contributed by atoms with van der Waals surface area (Å²) in [6, 6.07) is 17.6. The Morgan fingerprint density at radius 3 is 2.35 bits per heavy atom. The monoisotopic (exact) mass is 510 g/mol. The summed E-state index contributed by atoms with van der Waals surface area (Å²) >= 11 is 0. The van der Waals surface area contributed by atoms with Crippen LogP contribution in [-0.4, -0.2) is 36.6 Å². The molecule has 0 unspecified atom stereocenters. The van der Waals surface area contributed by atoms with Gasteiger partial charge in [0.2, 0.25) is 12.7 Å². The van der Waals surface area contributed by atoms with Crippen molar-refractivity contribution in [2.45, 2.75) is 31.4 Å². The van der Waals surface area contributed by atoms with Crippen molar-refractivity contribution in [3.05, 3.63) is 89.0 Å².